The maximum atomic E-state index is 13.8. The fraction of sp³-hybridized carbons (Fsp3) is 0.429. The van der Waals surface area contributed by atoms with Crippen LogP contribution in [0.2, 0.25) is 0 Å². The molecule has 0 aromatic heterocycles. The van der Waals surface area contributed by atoms with E-state index in [1.807, 2.05) is 30.7 Å². The topological polar surface area (TPSA) is 49.4 Å². The average Bonchev–Trinajstić information content (AvgIpc) is 2.87. The number of hydrogen-bond acceptors (Lipinski definition) is 3. The highest BCUT2D eigenvalue weighted by atomic mass is 32.2. The van der Waals surface area contributed by atoms with Gasteiger partial charge in [-0.15, -0.1) is 0 Å². The Kier molecular flexibility index (Phi) is 5.71. The minimum Gasteiger partial charge on any atom is -0.366 e. The van der Waals surface area contributed by atoms with Crippen LogP contribution in [0.1, 0.15) is 29.2 Å². The van der Waals surface area contributed by atoms with Crippen LogP contribution >= 0.6 is 0 Å². The van der Waals surface area contributed by atoms with Crippen LogP contribution in [0.15, 0.2) is 41.3 Å². The van der Waals surface area contributed by atoms with Gasteiger partial charge >= 0.3 is 6.18 Å². The van der Waals surface area contributed by atoms with Crippen molar-refractivity contribution in [3.05, 3.63) is 58.7 Å². The highest BCUT2D eigenvalue weighted by Crippen LogP contribution is 2.34. The predicted molar refractivity (Wildman–Crippen MR) is 108 cm³/mol. The van der Waals surface area contributed by atoms with Crippen molar-refractivity contribution in [2.75, 3.05) is 11.4 Å². The van der Waals surface area contributed by atoms with Crippen LogP contribution in [0.3, 0.4) is 0 Å². The second-order valence-corrected chi connectivity index (χ2v) is 9.43. The van der Waals surface area contributed by atoms with Gasteiger partial charge in [0.25, 0.3) is 0 Å². The Morgan fingerprint density at radius 1 is 1.14 bits per heavy atom. The van der Waals surface area contributed by atoms with Crippen LogP contribution in [0.5, 0.6) is 0 Å². The predicted octanol–water partition coefficient (Wildman–Crippen LogP) is 4.27. The number of nitrogens with zero attached hydrogens (tertiary/aromatic N) is 1. The van der Waals surface area contributed by atoms with E-state index < -0.39 is 28.8 Å². The molecule has 2 atom stereocenters. The normalized spacial score (nSPS) is 18.0. The number of halogens is 3. The number of aryl methyl sites for hydroxylation is 3. The van der Waals surface area contributed by atoms with Gasteiger partial charge in [0.05, 0.1) is 4.90 Å². The minimum absolute atomic E-state index is 0.0905. The Bertz CT molecular complexity index is 996. The van der Waals surface area contributed by atoms with Gasteiger partial charge in [-0.25, -0.2) is 8.42 Å². The van der Waals surface area contributed by atoms with E-state index in [2.05, 4.69) is 0 Å². The number of fused-ring (bicyclic) bond motifs is 1. The van der Waals surface area contributed by atoms with Gasteiger partial charge in [0.1, 0.15) is 6.04 Å². The summed E-state index contributed by atoms with van der Waals surface area (Å²) in [4.78, 5) is 1.54. The summed E-state index contributed by atoms with van der Waals surface area (Å²) in [5.41, 5.74) is 3.39. The maximum absolute atomic E-state index is 13.8. The summed E-state index contributed by atoms with van der Waals surface area (Å²) in [6, 6.07) is 8.22. The van der Waals surface area contributed by atoms with Gasteiger partial charge in [0.2, 0.25) is 10.0 Å². The number of nitrogens with one attached hydrogen (secondary N) is 1. The minimum atomic E-state index is -4.73. The van der Waals surface area contributed by atoms with E-state index in [9.17, 15) is 21.6 Å². The largest absolute Gasteiger partial charge is 0.406 e. The fourth-order valence-electron chi connectivity index (χ4n) is 4.15. The maximum Gasteiger partial charge on any atom is 0.406 e. The summed E-state index contributed by atoms with van der Waals surface area (Å²) in [7, 11) is -4.35. The zero-order chi connectivity index (χ0) is 21.6. The summed E-state index contributed by atoms with van der Waals surface area (Å²) in [5, 5.41) is 0. The summed E-state index contributed by atoms with van der Waals surface area (Å²) in [6.07, 6.45) is -4.10. The highest BCUT2D eigenvalue weighted by molar-refractivity contribution is 7.89. The molecular formula is C21H25F3N2O2S. The van der Waals surface area contributed by atoms with Crippen LogP contribution in [0, 0.1) is 20.8 Å². The first-order chi connectivity index (χ1) is 13.4. The van der Waals surface area contributed by atoms with E-state index in [0.717, 1.165) is 16.8 Å². The van der Waals surface area contributed by atoms with E-state index in [1.54, 1.807) is 43.0 Å². The standard InChI is InChI=1S/C21H25F3N2O2S/c1-13-9-14(2)20(15(3)10-13)29(27,28)25-19(21(22,23)24)12-26-16(4)11-17-7-5-6-8-18(17)26/h5-10,16,19,25H,11-12H2,1-4H3. The number of sulfonamides is 1. The molecule has 1 heterocycles. The van der Waals surface area contributed by atoms with Crippen LogP contribution in [-0.4, -0.2) is 33.2 Å². The van der Waals surface area contributed by atoms with Crippen LogP contribution < -0.4 is 9.62 Å². The average molecular weight is 427 g/mol. The molecule has 1 N–H and O–H groups in total. The van der Waals surface area contributed by atoms with Crippen LogP contribution in [-0.2, 0) is 16.4 Å². The number of rotatable bonds is 5. The molecule has 0 fully saturated rings. The number of para-hydroxylation sites is 1. The van der Waals surface area contributed by atoms with Gasteiger partial charge in [0, 0.05) is 18.3 Å². The third-order valence-electron chi connectivity index (χ3n) is 5.29. The SMILES string of the molecule is Cc1cc(C)c(S(=O)(=O)NC(CN2c3ccccc3CC2C)C(F)(F)F)c(C)c1. The van der Waals surface area contributed by atoms with Crippen molar-refractivity contribution in [1.82, 2.24) is 4.72 Å². The van der Waals surface area contributed by atoms with E-state index >= 15 is 0 Å². The van der Waals surface area contributed by atoms with Crippen LogP contribution in [0.4, 0.5) is 18.9 Å². The summed E-state index contributed by atoms with van der Waals surface area (Å²) < 4.78 is 69.3. The van der Waals surface area contributed by atoms with Crippen LogP contribution in [0.25, 0.3) is 0 Å². The Balaban J connectivity index is 1.93. The lowest BCUT2D eigenvalue weighted by molar-refractivity contribution is -0.149. The van der Waals surface area contributed by atoms with Gasteiger partial charge in [0.15, 0.2) is 0 Å². The third-order valence-corrected chi connectivity index (χ3v) is 7.07. The first-order valence-corrected chi connectivity index (χ1v) is 10.9. The Hall–Kier alpha value is -2.06. The van der Waals surface area contributed by atoms with Crippen molar-refractivity contribution in [2.45, 2.75) is 57.3 Å². The highest BCUT2D eigenvalue weighted by Gasteiger charge is 2.45. The van der Waals surface area contributed by atoms with Crippen molar-refractivity contribution < 1.29 is 21.6 Å². The number of alkyl halides is 3. The molecule has 0 saturated carbocycles. The van der Waals surface area contributed by atoms with Crippen molar-refractivity contribution in [3.8, 4) is 0 Å². The van der Waals surface area contributed by atoms with E-state index in [1.165, 1.54) is 0 Å². The smallest absolute Gasteiger partial charge is 0.366 e. The summed E-state index contributed by atoms with van der Waals surface area (Å²) in [5.74, 6) is 0. The Morgan fingerprint density at radius 2 is 1.72 bits per heavy atom. The first-order valence-electron chi connectivity index (χ1n) is 9.41. The molecule has 158 valence electrons. The van der Waals surface area contributed by atoms with Crippen molar-refractivity contribution in [2.24, 2.45) is 0 Å². The van der Waals surface area contributed by atoms with E-state index in [0.29, 0.717) is 17.5 Å². The molecule has 29 heavy (non-hydrogen) atoms. The molecule has 1 aliphatic heterocycles. The third kappa shape index (κ3) is 4.43. The zero-order valence-electron chi connectivity index (χ0n) is 16.8. The molecule has 0 bridgehead atoms. The molecule has 0 aliphatic carbocycles. The van der Waals surface area contributed by atoms with Gasteiger partial charge < -0.3 is 4.90 Å². The molecule has 0 spiro atoms. The number of benzene rings is 2. The lowest BCUT2D eigenvalue weighted by Gasteiger charge is -2.31. The summed E-state index contributed by atoms with van der Waals surface area (Å²) in [6.45, 7) is 6.36. The molecule has 2 unspecified atom stereocenters. The number of anilines is 1. The van der Waals surface area contributed by atoms with Crippen molar-refractivity contribution in [1.29, 1.82) is 0 Å². The molecule has 1 aliphatic rings. The molecular weight excluding hydrogens is 401 g/mol. The van der Waals surface area contributed by atoms with Gasteiger partial charge in [-0.3, -0.25) is 0 Å². The molecule has 0 saturated heterocycles. The lowest BCUT2D eigenvalue weighted by atomic mass is 10.1. The second kappa shape index (κ2) is 7.65. The van der Waals surface area contributed by atoms with Crippen molar-refractivity contribution in [3.63, 3.8) is 0 Å². The Labute approximate surface area is 169 Å². The second-order valence-electron chi connectivity index (χ2n) is 7.78. The van der Waals surface area contributed by atoms with Gasteiger partial charge in [-0.2, -0.15) is 17.9 Å². The molecule has 2 aromatic rings. The molecule has 3 rings (SSSR count). The van der Waals surface area contributed by atoms with Gasteiger partial charge in [-0.05, 0) is 56.9 Å². The number of hydrogen-bond donors (Lipinski definition) is 1. The molecule has 8 heteroatoms. The van der Waals surface area contributed by atoms with E-state index in [-0.39, 0.29) is 10.9 Å². The monoisotopic (exact) mass is 426 g/mol. The fourth-order valence-corrected chi connectivity index (χ4v) is 5.82. The lowest BCUT2D eigenvalue weighted by Crippen LogP contribution is -2.53. The Morgan fingerprint density at radius 3 is 2.31 bits per heavy atom. The van der Waals surface area contributed by atoms with Gasteiger partial charge in [-0.1, -0.05) is 35.9 Å². The quantitative estimate of drug-likeness (QED) is 0.777. The molecule has 0 amide bonds. The molecule has 0 radical (unpaired) electrons. The molecule has 4 nitrogen and oxygen atoms in total. The van der Waals surface area contributed by atoms with E-state index in [4.69, 9.17) is 0 Å². The first kappa shape index (κ1) is 21.6. The molecule has 2 aromatic carbocycles. The summed E-state index contributed by atoms with van der Waals surface area (Å²) >= 11 is 0. The van der Waals surface area contributed by atoms with Crippen molar-refractivity contribution >= 4 is 15.7 Å². The zero-order valence-corrected chi connectivity index (χ0v) is 17.7.